The molecule has 3 aromatic carbocycles. The van der Waals surface area contributed by atoms with E-state index in [4.69, 9.17) is 0 Å². The van der Waals surface area contributed by atoms with Gasteiger partial charge in [-0.1, -0.05) is 30.3 Å². The SMILES string of the molecule is Cc1cc(C)cc(NS(=O)(=O)c2cc(C(=O)N[C@@H](C)c3ccc4c(c3)CCC4)ccc2C)c1. The van der Waals surface area contributed by atoms with E-state index in [-0.39, 0.29) is 16.8 Å². The molecule has 2 N–H and O–H groups in total. The summed E-state index contributed by atoms with van der Waals surface area (Å²) in [5.41, 5.74) is 7.14. The standard InChI is InChI=1S/C27H30N2O3S/c1-17-12-18(2)14-25(13-17)29-33(31,32)26-16-24(9-8-19(26)3)27(30)28-20(4)22-11-10-21-6-5-7-23(21)15-22/h8-16,20,29H,5-7H2,1-4H3,(H,28,30)/t20-/m0/s1. The summed E-state index contributed by atoms with van der Waals surface area (Å²) in [6.45, 7) is 7.51. The summed E-state index contributed by atoms with van der Waals surface area (Å²) in [4.78, 5) is 13.1. The van der Waals surface area contributed by atoms with Crippen molar-refractivity contribution in [3.63, 3.8) is 0 Å². The first kappa shape index (κ1) is 23.1. The number of aryl methyl sites for hydroxylation is 5. The molecule has 5 nitrogen and oxygen atoms in total. The summed E-state index contributed by atoms with van der Waals surface area (Å²) in [7, 11) is -3.85. The molecule has 0 radical (unpaired) electrons. The van der Waals surface area contributed by atoms with E-state index >= 15 is 0 Å². The first-order valence-electron chi connectivity index (χ1n) is 11.3. The third-order valence-electron chi connectivity index (χ3n) is 6.18. The van der Waals surface area contributed by atoms with Crippen molar-refractivity contribution in [2.75, 3.05) is 4.72 Å². The van der Waals surface area contributed by atoms with Gasteiger partial charge >= 0.3 is 0 Å². The van der Waals surface area contributed by atoms with Crippen LogP contribution in [0.2, 0.25) is 0 Å². The van der Waals surface area contributed by atoms with E-state index in [2.05, 4.69) is 28.2 Å². The number of benzene rings is 3. The van der Waals surface area contributed by atoms with Gasteiger partial charge in [-0.05, 0) is 105 Å². The second-order valence-corrected chi connectivity index (χ2v) is 10.7. The Morgan fingerprint density at radius 3 is 2.30 bits per heavy atom. The molecule has 0 unspecified atom stereocenters. The van der Waals surface area contributed by atoms with Gasteiger partial charge in [0.25, 0.3) is 15.9 Å². The quantitative estimate of drug-likeness (QED) is 0.516. The summed E-state index contributed by atoms with van der Waals surface area (Å²) in [5, 5.41) is 3.01. The van der Waals surface area contributed by atoms with Gasteiger partial charge in [-0.2, -0.15) is 0 Å². The van der Waals surface area contributed by atoms with Crippen LogP contribution >= 0.6 is 0 Å². The number of hydrogen-bond acceptors (Lipinski definition) is 3. The monoisotopic (exact) mass is 462 g/mol. The van der Waals surface area contributed by atoms with Crippen LogP contribution in [-0.2, 0) is 22.9 Å². The lowest BCUT2D eigenvalue weighted by atomic mass is 10.0. The van der Waals surface area contributed by atoms with Crippen molar-refractivity contribution in [3.8, 4) is 0 Å². The van der Waals surface area contributed by atoms with Crippen LogP contribution in [0.5, 0.6) is 0 Å². The maximum atomic E-state index is 13.1. The van der Waals surface area contributed by atoms with Gasteiger partial charge in [-0.3, -0.25) is 9.52 Å². The molecule has 0 saturated heterocycles. The maximum Gasteiger partial charge on any atom is 0.262 e. The summed E-state index contributed by atoms with van der Waals surface area (Å²) >= 11 is 0. The molecule has 0 fully saturated rings. The third kappa shape index (κ3) is 5.11. The lowest BCUT2D eigenvalue weighted by Gasteiger charge is -2.17. The highest BCUT2D eigenvalue weighted by Crippen LogP contribution is 2.26. The highest BCUT2D eigenvalue weighted by Gasteiger charge is 2.21. The van der Waals surface area contributed by atoms with Gasteiger partial charge in [0.2, 0.25) is 0 Å². The number of carbonyl (C=O) groups excluding carboxylic acids is 1. The Hall–Kier alpha value is -3.12. The van der Waals surface area contributed by atoms with Gasteiger partial charge in [-0.25, -0.2) is 8.42 Å². The molecule has 0 bridgehead atoms. The van der Waals surface area contributed by atoms with Crippen molar-refractivity contribution in [2.24, 2.45) is 0 Å². The molecule has 4 rings (SSSR count). The number of rotatable bonds is 6. The Balaban J connectivity index is 1.55. The van der Waals surface area contributed by atoms with Gasteiger partial charge in [0, 0.05) is 11.3 Å². The van der Waals surface area contributed by atoms with Crippen LogP contribution in [0.1, 0.15) is 63.1 Å². The van der Waals surface area contributed by atoms with E-state index in [1.807, 2.05) is 26.8 Å². The Morgan fingerprint density at radius 1 is 0.879 bits per heavy atom. The molecule has 6 heteroatoms. The Bertz CT molecular complexity index is 1310. The minimum Gasteiger partial charge on any atom is -0.346 e. The molecule has 3 aromatic rings. The van der Waals surface area contributed by atoms with Crippen LogP contribution < -0.4 is 10.0 Å². The maximum absolute atomic E-state index is 13.1. The number of amides is 1. The van der Waals surface area contributed by atoms with Crippen LogP contribution in [0.3, 0.4) is 0 Å². The zero-order valence-corrected chi connectivity index (χ0v) is 20.3. The molecule has 0 aromatic heterocycles. The fourth-order valence-electron chi connectivity index (χ4n) is 4.50. The molecular weight excluding hydrogens is 432 g/mol. The van der Waals surface area contributed by atoms with Gasteiger partial charge in [0.05, 0.1) is 10.9 Å². The van der Waals surface area contributed by atoms with Crippen LogP contribution in [0.25, 0.3) is 0 Å². The molecule has 1 aliphatic rings. The lowest BCUT2D eigenvalue weighted by Crippen LogP contribution is -2.27. The predicted octanol–water partition coefficient (Wildman–Crippen LogP) is 5.39. The normalized spacial score (nSPS) is 13.9. The fourth-order valence-corrected chi connectivity index (χ4v) is 5.81. The van der Waals surface area contributed by atoms with Crippen molar-refractivity contribution in [3.05, 3.63) is 93.5 Å². The molecule has 33 heavy (non-hydrogen) atoms. The van der Waals surface area contributed by atoms with Crippen molar-refractivity contribution in [1.29, 1.82) is 0 Å². The third-order valence-corrected chi connectivity index (χ3v) is 7.71. The van der Waals surface area contributed by atoms with Crippen LogP contribution in [0.4, 0.5) is 5.69 Å². The Labute approximate surface area is 196 Å². The van der Waals surface area contributed by atoms with E-state index in [1.54, 1.807) is 31.2 Å². The molecule has 0 heterocycles. The van der Waals surface area contributed by atoms with E-state index in [9.17, 15) is 13.2 Å². The van der Waals surface area contributed by atoms with Gasteiger partial charge in [0.1, 0.15) is 0 Å². The minimum absolute atomic E-state index is 0.0968. The summed E-state index contributed by atoms with van der Waals surface area (Å²) in [6.07, 6.45) is 3.37. The highest BCUT2D eigenvalue weighted by atomic mass is 32.2. The summed E-state index contributed by atoms with van der Waals surface area (Å²) < 4.78 is 28.9. The van der Waals surface area contributed by atoms with Gasteiger partial charge in [0.15, 0.2) is 0 Å². The largest absolute Gasteiger partial charge is 0.346 e. The zero-order valence-electron chi connectivity index (χ0n) is 19.5. The molecule has 0 spiro atoms. The van der Waals surface area contributed by atoms with Crippen LogP contribution in [0, 0.1) is 20.8 Å². The fraction of sp³-hybridized carbons (Fsp3) is 0.296. The molecule has 1 aliphatic carbocycles. The van der Waals surface area contributed by atoms with Crippen molar-refractivity contribution < 1.29 is 13.2 Å². The van der Waals surface area contributed by atoms with E-state index in [0.29, 0.717) is 16.8 Å². The second-order valence-electron chi connectivity index (χ2n) is 9.04. The molecule has 0 aliphatic heterocycles. The van der Waals surface area contributed by atoms with Crippen LogP contribution in [0.15, 0.2) is 59.5 Å². The minimum atomic E-state index is -3.85. The number of fused-ring (bicyclic) bond motifs is 1. The van der Waals surface area contributed by atoms with Crippen molar-refractivity contribution in [1.82, 2.24) is 5.32 Å². The zero-order chi connectivity index (χ0) is 23.8. The predicted molar refractivity (Wildman–Crippen MR) is 132 cm³/mol. The van der Waals surface area contributed by atoms with E-state index in [1.165, 1.54) is 23.6 Å². The number of sulfonamides is 1. The summed E-state index contributed by atoms with van der Waals surface area (Å²) in [5.74, 6) is -0.300. The molecular formula is C27H30N2O3S. The van der Waals surface area contributed by atoms with Gasteiger partial charge < -0.3 is 5.32 Å². The molecule has 0 saturated carbocycles. The topological polar surface area (TPSA) is 75.3 Å². The number of nitrogens with one attached hydrogen (secondary N) is 2. The molecule has 1 amide bonds. The molecule has 172 valence electrons. The average molecular weight is 463 g/mol. The first-order valence-corrected chi connectivity index (χ1v) is 12.7. The van der Waals surface area contributed by atoms with Crippen molar-refractivity contribution in [2.45, 2.75) is 57.9 Å². The lowest BCUT2D eigenvalue weighted by molar-refractivity contribution is 0.0939. The van der Waals surface area contributed by atoms with Crippen molar-refractivity contribution >= 4 is 21.6 Å². The van der Waals surface area contributed by atoms with Gasteiger partial charge in [-0.15, -0.1) is 0 Å². The van der Waals surface area contributed by atoms with E-state index < -0.39 is 10.0 Å². The number of anilines is 1. The highest BCUT2D eigenvalue weighted by molar-refractivity contribution is 7.92. The Kier molecular flexibility index (Phi) is 6.30. The number of hydrogen-bond donors (Lipinski definition) is 2. The Morgan fingerprint density at radius 2 is 1.58 bits per heavy atom. The average Bonchev–Trinajstić information content (AvgIpc) is 3.20. The smallest absolute Gasteiger partial charge is 0.262 e. The van der Waals surface area contributed by atoms with Crippen LogP contribution in [-0.4, -0.2) is 14.3 Å². The first-order chi connectivity index (χ1) is 15.6. The molecule has 1 atom stereocenters. The number of carbonyl (C=O) groups is 1. The second kappa shape index (κ2) is 9.02. The van der Waals surface area contributed by atoms with E-state index in [0.717, 1.165) is 29.5 Å². The summed E-state index contributed by atoms with van der Waals surface area (Å²) in [6, 6.07) is 16.5.